The number of nitrogens with zero attached hydrogens (tertiary/aromatic N) is 1. The molecule has 0 spiro atoms. The molecule has 0 bridgehead atoms. The van der Waals surface area contributed by atoms with Crippen LogP contribution < -0.4 is 0 Å². The number of ether oxygens (including phenoxy) is 1. The molecule has 1 aromatic heterocycles. The first-order valence-electron chi connectivity index (χ1n) is 7.70. The third-order valence-corrected chi connectivity index (χ3v) is 3.68. The first kappa shape index (κ1) is 17.7. The summed E-state index contributed by atoms with van der Waals surface area (Å²) in [6, 6.07) is 13.3. The third-order valence-electron chi connectivity index (χ3n) is 3.68. The second kappa shape index (κ2) is 7.03. The second-order valence-corrected chi connectivity index (χ2v) is 5.54. The molecule has 7 heteroatoms. The molecule has 0 fully saturated rings. The van der Waals surface area contributed by atoms with E-state index in [0.29, 0.717) is 17.3 Å². The summed E-state index contributed by atoms with van der Waals surface area (Å²) in [5.41, 5.74) is 0.0930. The zero-order valence-corrected chi connectivity index (χ0v) is 13.7. The van der Waals surface area contributed by atoms with Gasteiger partial charge in [-0.25, -0.2) is 9.78 Å². The van der Waals surface area contributed by atoms with Crippen molar-refractivity contribution >= 4 is 5.97 Å². The van der Waals surface area contributed by atoms with Crippen LogP contribution in [0, 0.1) is 6.92 Å². The van der Waals surface area contributed by atoms with Gasteiger partial charge in [0.25, 0.3) is 0 Å². The topological polar surface area (TPSA) is 52.3 Å². The number of hydrogen-bond donors (Lipinski definition) is 0. The van der Waals surface area contributed by atoms with Gasteiger partial charge in [0.2, 0.25) is 5.89 Å². The molecule has 0 saturated carbocycles. The number of carbonyl (C=O) groups is 1. The Morgan fingerprint density at radius 3 is 2.54 bits per heavy atom. The molecule has 3 rings (SSSR count). The van der Waals surface area contributed by atoms with Crippen molar-refractivity contribution in [2.45, 2.75) is 19.7 Å². The maximum Gasteiger partial charge on any atom is 0.416 e. The Hall–Kier alpha value is -3.09. The van der Waals surface area contributed by atoms with Crippen LogP contribution in [-0.4, -0.2) is 11.0 Å². The van der Waals surface area contributed by atoms with Gasteiger partial charge < -0.3 is 9.15 Å². The highest BCUT2D eigenvalue weighted by atomic mass is 19.4. The van der Waals surface area contributed by atoms with Gasteiger partial charge in [-0.2, -0.15) is 13.2 Å². The molecule has 0 saturated heterocycles. The number of esters is 1. The number of rotatable bonds is 4. The van der Waals surface area contributed by atoms with Crippen LogP contribution in [0.4, 0.5) is 13.2 Å². The van der Waals surface area contributed by atoms with Crippen molar-refractivity contribution in [2.75, 3.05) is 0 Å². The average Bonchev–Trinajstić information content (AvgIpc) is 3.00. The summed E-state index contributed by atoms with van der Waals surface area (Å²) in [5, 5.41) is 0. The van der Waals surface area contributed by atoms with Crippen molar-refractivity contribution in [1.82, 2.24) is 4.98 Å². The highest BCUT2D eigenvalue weighted by Crippen LogP contribution is 2.29. The van der Waals surface area contributed by atoms with E-state index in [4.69, 9.17) is 9.15 Å². The molecule has 0 aliphatic carbocycles. The normalized spacial score (nSPS) is 11.4. The van der Waals surface area contributed by atoms with Crippen LogP contribution in [0.1, 0.15) is 27.4 Å². The Labute approximate surface area is 147 Å². The molecule has 0 unspecified atom stereocenters. The monoisotopic (exact) mass is 361 g/mol. The quantitative estimate of drug-likeness (QED) is 0.612. The predicted octanol–water partition coefficient (Wildman–Crippen LogP) is 5.03. The van der Waals surface area contributed by atoms with Crippen LogP contribution in [0.3, 0.4) is 0 Å². The minimum atomic E-state index is -4.52. The SMILES string of the molecule is Cc1oc(-c2ccccc2)nc1COC(=O)c1cccc(C(F)(F)F)c1. The fraction of sp³-hybridized carbons (Fsp3) is 0.158. The Balaban J connectivity index is 1.72. The van der Waals surface area contributed by atoms with Gasteiger partial charge in [-0.05, 0) is 37.3 Å². The standard InChI is InChI=1S/C19H14F3NO3/c1-12-16(23-17(26-12)13-6-3-2-4-7-13)11-25-18(24)14-8-5-9-15(10-14)19(20,21)22/h2-10H,11H2,1H3. The molecule has 26 heavy (non-hydrogen) atoms. The molecular formula is C19H14F3NO3. The summed E-state index contributed by atoms with van der Waals surface area (Å²) in [6.45, 7) is 1.48. The van der Waals surface area contributed by atoms with E-state index in [1.54, 1.807) is 6.92 Å². The van der Waals surface area contributed by atoms with Gasteiger partial charge in [0, 0.05) is 5.56 Å². The zero-order chi connectivity index (χ0) is 18.7. The number of carbonyl (C=O) groups excluding carboxylic acids is 1. The third kappa shape index (κ3) is 3.93. The smallest absolute Gasteiger partial charge is 0.416 e. The van der Waals surface area contributed by atoms with Gasteiger partial charge in [-0.1, -0.05) is 24.3 Å². The number of hydrogen-bond acceptors (Lipinski definition) is 4. The number of benzene rings is 2. The summed E-state index contributed by atoms with van der Waals surface area (Å²) >= 11 is 0. The van der Waals surface area contributed by atoms with E-state index in [0.717, 1.165) is 23.8 Å². The molecule has 0 atom stereocenters. The van der Waals surface area contributed by atoms with Crippen LogP contribution in [0.15, 0.2) is 59.0 Å². The molecule has 134 valence electrons. The van der Waals surface area contributed by atoms with Crippen molar-refractivity contribution in [3.63, 3.8) is 0 Å². The van der Waals surface area contributed by atoms with Gasteiger partial charge in [0.05, 0.1) is 11.1 Å². The van der Waals surface area contributed by atoms with Crippen molar-refractivity contribution in [3.05, 3.63) is 77.2 Å². The summed E-state index contributed by atoms with van der Waals surface area (Å²) in [4.78, 5) is 16.3. The van der Waals surface area contributed by atoms with Crippen LogP contribution in [0.2, 0.25) is 0 Å². The van der Waals surface area contributed by atoms with Crippen molar-refractivity contribution in [3.8, 4) is 11.5 Å². The number of aryl methyl sites for hydroxylation is 1. The molecule has 0 aliphatic rings. The molecule has 2 aromatic carbocycles. The van der Waals surface area contributed by atoms with Gasteiger partial charge in [0.1, 0.15) is 18.1 Å². The fourth-order valence-corrected chi connectivity index (χ4v) is 2.31. The molecule has 0 radical (unpaired) electrons. The Morgan fingerprint density at radius 2 is 1.85 bits per heavy atom. The lowest BCUT2D eigenvalue weighted by molar-refractivity contribution is -0.137. The minimum Gasteiger partial charge on any atom is -0.455 e. The van der Waals surface area contributed by atoms with Crippen LogP contribution in [-0.2, 0) is 17.5 Å². The minimum absolute atomic E-state index is 0.177. The molecule has 0 amide bonds. The van der Waals surface area contributed by atoms with E-state index >= 15 is 0 Å². The largest absolute Gasteiger partial charge is 0.455 e. The van der Waals surface area contributed by atoms with E-state index in [-0.39, 0.29) is 12.2 Å². The predicted molar refractivity (Wildman–Crippen MR) is 87.2 cm³/mol. The highest BCUT2D eigenvalue weighted by molar-refractivity contribution is 5.89. The Bertz CT molecular complexity index is 917. The van der Waals surface area contributed by atoms with Crippen molar-refractivity contribution < 1.29 is 27.1 Å². The fourth-order valence-electron chi connectivity index (χ4n) is 2.31. The van der Waals surface area contributed by atoms with E-state index in [1.807, 2.05) is 30.3 Å². The first-order valence-corrected chi connectivity index (χ1v) is 7.70. The van der Waals surface area contributed by atoms with Gasteiger partial charge in [-0.15, -0.1) is 0 Å². The van der Waals surface area contributed by atoms with Gasteiger partial charge in [0.15, 0.2) is 0 Å². The number of aromatic nitrogens is 1. The maximum absolute atomic E-state index is 12.7. The molecule has 3 aromatic rings. The molecule has 0 aliphatic heterocycles. The lowest BCUT2D eigenvalue weighted by atomic mass is 10.1. The summed E-state index contributed by atoms with van der Waals surface area (Å²) < 4.78 is 48.8. The van der Waals surface area contributed by atoms with E-state index in [1.165, 1.54) is 6.07 Å². The van der Waals surface area contributed by atoms with Gasteiger partial charge in [-0.3, -0.25) is 0 Å². The molecule has 4 nitrogen and oxygen atoms in total. The maximum atomic E-state index is 12.7. The van der Waals surface area contributed by atoms with Crippen LogP contribution >= 0.6 is 0 Å². The first-order chi connectivity index (χ1) is 12.3. The molecular weight excluding hydrogens is 347 g/mol. The number of halogens is 3. The van der Waals surface area contributed by atoms with Crippen molar-refractivity contribution in [2.24, 2.45) is 0 Å². The van der Waals surface area contributed by atoms with Gasteiger partial charge >= 0.3 is 12.1 Å². The van der Waals surface area contributed by atoms with Crippen LogP contribution in [0.25, 0.3) is 11.5 Å². The summed E-state index contributed by atoms with van der Waals surface area (Å²) in [7, 11) is 0. The van der Waals surface area contributed by atoms with Crippen LogP contribution in [0.5, 0.6) is 0 Å². The average molecular weight is 361 g/mol. The second-order valence-electron chi connectivity index (χ2n) is 5.54. The Morgan fingerprint density at radius 1 is 1.12 bits per heavy atom. The summed E-state index contributed by atoms with van der Waals surface area (Å²) in [5.74, 6) is -0.00586. The van der Waals surface area contributed by atoms with Crippen molar-refractivity contribution in [1.29, 1.82) is 0 Å². The number of oxazole rings is 1. The lowest BCUT2D eigenvalue weighted by Gasteiger charge is -2.08. The Kier molecular flexibility index (Phi) is 4.79. The zero-order valence-electron chi connectivity index (χ0n) is 13.7. The van der Waals surface area contributed by atoms with E-state index in [2.05, 4.69) is 4.98 Å². The summed E-state index contributed by atoms with van der Waals surface area (Å²) in [6.07, 6.45) is -4.52. The molecule has 0 N–H and O–H groups in total. The molecule has 1 heterocycles. The van der Waals surface area contributed by atoms with E-state index < -0.39 is 17.7 Å². The van der Waals surface area contributed by atoms with E-state index in [9.17, 15) is 18.0 Å². The number of alkyl halides is 3. The lowest BCUT2D eigenvalue weighted by Crippen LogP contribution is -2.10. The highest BCUT2D eigenvalue weighted by Gasteiger charge is 2.31.